The molecule has 1 heterocycles. The highest BCUT2D eigenvalue weighted by Crippen LogP contribution is 2.34. The van der Waals surface area contributed by atoms with Crippen molar-refractivity contribution in [3.8, 4) is 17.1 Å². The first-order valence-electron chi connectivity index (χ1n) is 5.57. The number of nitro groups is 1. The SMILES string of the molecule is COC(=O)c1ccc(-c2ccc([N+](=O)[O-])cc2OC)o1. The molecule has 0 radical (unpaired) electrons. The van der Waals surface area contributed by atoms with E-state index >= 15 is 0 Å². The van der Waals surface area contributed by atoms with Crippen LogP contribution in [0, 0.1) is 10.1 Å². The summed E-state index contributed by atoms with van der Waals surface area (Å²) in [6.45, 7) is 0. The predicted octanol–water partition coefficient (Wildman–Crippen LogP) is 2.65. The Kier molecular flexibility index (Phi) is 3.69. The number of benzene rings is 1. The zero-order valence-corrected chi connectivity index (χ0v) is 10.8. The summed E-state index contributed by atoms with van der Waals surface area (Å²) in [5.41, 5.74) is 0.415. The molecule has 0 spiro atoms. The van der Waals surface area contributed by atoms with Crippen LogP contribution in [0.25, 0.3) is 11.3 Å². The molecule has 0 aliphatic rings. The highest BCUT2D eigenvalue weighted by atomic mass is 16.6. The number of methoxy groups -OCH3 is 2. The van der Waals surface area contributed by atoms with Crippen LogP contribution < -0.4 is 4.74 Å². The number of non-ortho nitro benzene ring substituents is 1. The lowest BCUT2D eigenvalue weighted by Crippen LogP contribution is -1.98. The summed E-state index contributed by atoms with van der Waals surface area (Å²) < 4.78 is 15.0. The number of rotatable bonds is 4. The Hall–Kier alpha value is -2.83. The highest BCUT2D eigenvalue weighted by Gasteiger charge is 2.17. The van der Waals surface area contributed by atoms with Gasteiger partial charge in [0.15, 0.2) is 0 Å². The number of hydrogen-bond acceptors (Lipinski definition) is 6. The van der Waals surface area contributed by atoms with E-state index in [0.717, 1.165) is 0 Å². The molecule has 0 unspecified atom stereocenters. The molecule has 1 aromatic carbocycles. The standard InChI is InChI=1S/C13H11NO6/c1-18-12-7-8(14(16)17)3-4-9(12)10-5-6-11(20-10)13(15)19-2/h3-7H,1-2H3. The molecule has 0 N–H and O–H groups in total. The van der Waals surface area contributed by atoms with Gasteiger partial charge in [-0.2, -0.15) is 0 Å². The maximum atomic E-state index is 11.3. The van der Waals surface area contributed by atoms with Gasteiger partial charge in [-0.3, -0.25) is 10.1 Å². The molecule has 0 bridgehead atoms. The van der Waals surface area contributed by atoms with Gasteiger partial charge in [-0.05, 0) is 18.2 Å². The monoisotopic (exact) mass is 277 g/mol. The average molecular weight is 277 g/mol. The van der Waals surface area contributed by atoms with Crippen LogP contribution in [0.2, 0.25) is 0 Å². The van der Waals surface area contributed by atoms with Crippen LogP contribution >= 0.6 is 0 Å². The first-order chi connectivity index (χ1) is 9.56. The second-order valence-corrected chi connectivity index (χ2v) is 3.80. The molecule has 2 rings (SSSR count). The quantitative estimate of drug-likeness (QED) is 0.484. The molecule has 0 aliphatic carbocycles. The summed E-state index contributed by atoms with van der Waals surface area (Å²) in [6.07, 6.45) is 0. The molecule has 7 nitrogen and oxygen atoms in total. The molecule has 0 saturated carbocycles. The van der Waals surface area contributed by atoms with Gasteiger partial charge in [-0.15, -0.1) is 0 Å². The van der Waals surface area contributed by atoms with Crippen molar-refractivity contribution in [2.45, 2.75) is 0 Å². The van der Waals surface area contributed by atoms with Crippen molar-refractivity contribution in [2.24, 2.45) is 0 Å². The lowest BCUT2D eigenvalue weighted by atomic mass is 10.1. The number of carbonyl (C=O) groups excluding carboxylic acids is 1. The second kappa shape index (κ2) is 5.43. The van der Waals surface area contributed by atoms with E-state index in [9.17, 15) is 14.9 Å². The summed E-state index contributed by atoms with van der Waals surface area (Å²) in [6, 6.07) is 7.14. The predicted molar refractivity (Wildman–Crippen MR) is 68.7 cm³/mol. The van der Waals surface area contributed by atoms with Crippen LogP contribution in [0.1, 0.15) is 10.6 Å². The van der Waals surface area contributed by atoms with E-state index in [0.29, 0.717) is 11.3 Å². The maximum Gasteiger partial charge on any atom is 0.373 e. The summed E-state index contributed by atoms with van der Waals surface area (Å²) in [5, 5.41) is 10.7. The smallest absolute Gasteiger partial charge is 0.373 e. The fourth-order valence-electron chi connectivity index (χ4n) is 1.69. The van der Waals surface area contributed by atoms with Gasteiger partial charge in [0.05, 0.1) is 30.8 Å². The third-order valence-corrected chi connectivity index (χ3v) is 2.65. The van der Waals surface area contributed by atoms with E-state index in [1.807, 2.05) is 0 Å². The molecule has 1 aromatic heterocycles. The minimum absolute atomic E-state index is 0.0444. The summed E-state index contributed by atoms with van der Waals surface area (Å²) in [4.78, 5) is 21.5. The first kappa shape index (κ1) is 13.6. The van der Waals surface area contributed by atoms with Crippen LogP contribution in [-0.2, 0) is 4.74 Å². The minimum Gasteiger partial charge on any atom is -0.496 e. The van der Waals surface area contributed by atoms with Gasteiger partial charge >= 0.3 is 5.97 Å². The zero-order valence-electron chi connectivity index (χ0n) is 10.8. The maximum absolute atomic E-state index is 11.3. The van der Waals surface area contributed by atoms with Crippen molar-refractivity contribution < 1.29 is 23.6 Å². The molecule has 20 heavy (non-hydrogen) atoms. The Bertz CT molecular complexity index is 661. The van der Waals surface area contributed by atoms with E-state index in [-0.39, 0.29) is 17.2 Å². The number of furan rings is 1. The van der Waals surface area contributed by atoms with Crippen molar-refractivity contribution in [1.82, 2.24) is 0 Å². The Morgan fingerprint density at radius 3 is 2.60 bits per heavy atom. The van der Waals surface area contributed by atoms with Gasteiger partial charge in [0.1, 0.15) is 11.5 Å². The van der Waals surface area contributed by atoms with Crippen molar-refractivity contribution in [1.29, 1.82) is 0 Å². The Morgan fingerprint density at radius 1 is 1.25 bits per heavy atom. The zero-order chi connectivity index (χ0) is 14.7. The van der Waals surface area contributed by atoms with Gasteiger partial charge in [0, 0.05) is 6.07 Å². The number of nitrogens with zero attached hydrogens (tertiary/aromatic N) is 1. The molecular formula is C13H11NO6. The van der Waals surface area contributed by atoms with Gasteiger partial charge in [0.25, 0.3) is 5.69 Å². The lowest BCUT2D eigenvalue weighted by molar-refractivity contribution is -0.384. The van der Waals surface area contributed by atoms with Crippen LogP contribution in [0.15, 0.2) is 34.7 Å². The lowest BCUT2D eigenvalue weighted by Gasteiger charge is -2.05. The number of carbonyl (C=O) groups is 1. The largest absolute Gasteiger partial charge is 0.496 e. The van der Waals surface area contributed by atoms with Crippen molar-refractivity contribution in [2.75, 3.05) is 14.2 Å². The van der Waals surface area contributed by atoms with Crippen LogP contribution in [-0.4, -0.2) is 25.1 Å². The van der Waals surface area contributed by atoms with Crippen LogP contribution in [0.5, 0.6) is 5.75 Å². The third-order valence-electron chi connectivity index (χ3n) is 2.65. The normalized spacial score (nSPS) is 10.1. The van der Waals surface area contributed by atoms with Gasteiger partial charge < -0.3 is 13.9 Å². The molecule has 2 aromatic rings. The molecular weight excluding hydrogens is 266 g/mol. The van der Waals surface area contributed by atoms with Crippen molar-refractivity contribution >= 4 is 11.7 Å². The molecule has 7 heteroatoms. The average Bonchev–Trinajstić information content (AvgIpc) is 2.95. The van der Waals surface area contributed by atoms with E-state index in [2.05, 4.69) is 4.74 Å². The summed E-state index contributed by atoms with van der Waals surface area (Å²) in [7, 11) is 2.64. The van der Waals surface area contributed by atoms with Crippen molar-refractivity contribution in [3.05, 3.63) is 46.2 Å². The van der Waals surface area contributed by atoms with Crippen LogP contribution in [0.4, 0.5) is 5.69 Å². The first-order valence-corrected chi connectivity index (χ1v) is 5.57. The third kappa shape index (κ3) is 2.46. The molecule has 0 amide bonds. The van der Waals surface area contributed by atoms with Gasteiger partial charge in [-0.1, -0.05) is 0 Å². The van der Waals surface area contributed by atoms with Crippen molar-refractivity contribution in [3.63, 3.8) is 0 Å². The fourth-order valence-corrected chi connectivity index (χ4v) is 1.69. The van der Waals surface area contributed by atoms with E-state index < -0.39 is 10.9 Å². The molecule has 0 saturated heterocycles. The number of esters is 1. The van der Waals surface area contributed by atoms with E-state index in [1.54, 1.807) is 6.07 Å². The van der Waals surface area contributed by atoms with Crippen LogP contribution in [0.3, 0.4) is 0 Å². The molecule has 104 valence electrons. The Balaban J connectivity index is 2.44. The Morgan fingerprint density at radius 2 is 2.00 bits per heavy atom. The topological polar surface area (TPSA) is 91.8 Å². The molecule has 0 fully saturated rings. The summed E-state index contributed by atoms with van der Waals surface area (Å²) >= 11 is 0. The molecule has 0 atom stereocenters. The fraction of sp³-hybridized carbons (Fsp3) is 0.154. The number of hydrogen-bond donors (Lipinski definition) is 0. The highest BCUT2D eigenvalue weighted by molar-refractivity contribution is 5.87. The Labute approximate surface area is 113 Å². The summed E-state index contributed by atoms with van der Waals surface area (Å²) in [5.74, 6) is 0.0853. The minimum atomic E-state index is -0.600. The number of ether oxygens (including phenoxy) is 2. The van der Waals surface area contributed by atoms with E-state index in [4.69, 9.17) is 9.15 Å². The van der Waals surface area contributed by atoms with Gasteiger partial charge in [0.2, 0.25) is 5.76 Å². The second-order valence-electron chi connectivity index (χ2n) is 3.80. The van der Waals surface area contributed by atoms with E-state index in [1.165, 1.54) is 38.5 Å². The molecule has 0 aliphatic heterocycles. The number of nitro benzene ring substituents is 1. The van der Waals surface area contributed by atoms with Gasteiger partial charge in [-0.25, -0.2) is 4.79 Å².